The number of carbonyl (C=O) groups excluding carboxylic acids is 1. The number of nitrogens with one attached hydrogen (secondary N) is 1. The van der Waals surface area contributed by atoms with Crippen molar-refractivity contribution in [2.24, 2.45) is 11.7 Å². The number of nitrogens with two attached hydrogens (primary N) is 1. The summed E-state index contributed by atoms with van der Waals surface area (Å²) in [6.07, 6.45) is 3.09. The highest BCUT2D eigenvalue weighted by Gasteiger charge is 2.27. The van der Waals surface area contributed by atoms with Gasteiger partial charge in [0.15, 0.2) is 6.61 Å². The molecule has 0 heterocycles. The molecule has 7 heteroatoms. The lowest BCUT2D eigenvalue weighted by molar-refractivity contribution is -0.124. The first-order valence-electron chi connectivity index (χ1n) is 6.67. The van der Waals surface area contributed by atoms with Gasteiger partial charge in [0.05, 0.1) is 5.02 Å². The Morgan fingerprint density at radius 2 is 2.24 bits per heavy atom. The zero-order chi connectivity index (χ0) is 14.5. The van der Waals surface area contributed by atoms with Crippen LogP contribution in [0.25, 0.3) is 0 Å². The van der Waals surface area contributed by atoms with Crippen LogP contribution in [0, 0.1) is 11.7 Å². The summed E-state index contributed by atoms with van der Waals surface area (Å²) in [4.78, 5) is 11.8. The Kier molecular flexibility index (Phi) is 7.22. The van der Waals surface area contributed by atoms with Crippen LogP contribution in [0.1, 0.15) is 19.3 Å². The predicted molar refractivity (Wildman–Crippen MR) is 82.5 cm³/mol. The normalized spacial score (nSPS) is 20.7. The summed E-state index contributed by atoms with van der Waals surface area (Å²) in [6.45, 7) is 0.467. The monoisotopic (exact) mass is 336 g/mol. The quantitative estimate of drug-likeness (QED) is 0.868. The van der Waals surface area contributed by atoms with Crippen LogP contribution in [0.3, 0.4) is 0 Å². The summed E-state index contributed by atoms with van der Waals surface area (Å²) in [5.74, 6) is 0.00331. The number of carbonyl (C=O) groups is 1. The third kappa shape index (κ3) is 5.02. The number of benzene rings is 1. The van der Waals surface area contributed by atoms with Crippen LogP contribution < -0.4 is 15.8 Å². The first-order chi connectivity index (χ1) is 9.60. The zero-order valence-corrected chi connectivity index (χ0v) is 13.1. The molecule has 3 N–H and O–H groups in total. The van der Waals surface area contributed by atoms with Gasteiger partial charge in [0.2, 0.25) is 0 Å². The lowest BCUT2D eigenvalue weighted by Crippen LogP contribution is -2.42. The molecule has 0 spiro atoms. The first kappa shape index (κ1) is 18.0. The molecular formula is C14H19Cl2FN2O2. The summed E-state index contributed by atoms with van der Waals surface area (Å²) in [6, 6.07) is 4.12. The Morgan fingerprint density at radius 3 is 2.90 bits per heavy atom. The maximum atomic E-state index is 13.0. The average molecular weight is 337 g/mol. The molecule has 1 aliphatic carbocycles. The van der Waals surface area contributed by atoms with Crippen molar-refractivity contribution >= 4 is 29.9 Å². The number of ether oxygens (including phenoxy) is 1. The molecule has 1 aromatic rings. The van der Waals surface area contributed by atoms with Crippen LogP contribution in [-0.2, 0) is 4.79 Å². The van der Waals surface area contributed by atoms with E-state index in [4.69, 9.17) is 22.1 Å². The summed E-state index contributed by atoms with van der Waals surface area (Å²) in [7, 11) is 0. The maximum absolute atomic E-state index is 13.0. The van der Waals surface area contributed by atoms with Crippen LogP contribution in [0.15, 0.2) is 18.2 Å². The molecule has 118 valence electrons. The van der Waals surface area contributed by atoms with Gasteiger partial charge in [-0.25, -0.2) is 4.39 Å². The molecule has 1 aliphatic rings. The minimum atomic E-state index is -0.514. The van der Waals surface area contributed by atoms with E-state index >= 15 is 0 Å². The summed E-state index contributed by atoms with van der Waals surface area (Å²) < 4.78 is 18.3. The van der Waals surface area contributed by atoms with E-state index in [2.05, 4.69) is 5.32 Å². The topological polar surface area (TPSA) is 64.3 Å². The molecule has 2 atom stereocenters. The summed E-state index contributed by atoms with van der Waals surface area (Å²) >= 11 is 5.64. The number of rotatable bonds is 5. The molecule has 2 rings (SSSR count). The highest BCUT2D eigenvalue weighted by atomic mass is 35.5. The molecule has 0 aromatic heterocycles. The van der Waals surface area contributed by atoms with Crippen LogP contribution in [-0.4, -0.2) is 25.1 Å². The van der Waals surface area contributed by atoms with Gasteiger partial charge < -0.3 is 15.8 Å². The minimum Gasteiger partial charge on any atom is -0.484 e. The Hall–Kier alpha value is -1.04. The van der Waals surface area contributed by atoms with Gasteiger partial charge in [-0.05, 0) is 37.4 Å². The smallest absolute Gasteiger partial charge is 0.258 e. The molecule has 1 fully saturated rings. The SMILES string of the molecule is Cl.NCC1CCCC1NC(=O)COc1ccc(F)c(Cl)c1. The molecule has 0 bridgehead atoms. The van der Waals surface area contributed by atoms with Crippen LogP contribution >= 0.6 is 24.0 Å². The van der Waals surface area contributed by atoms with E-state index in [1.165, 1.54) is 18.2 Å². The number of halogens is 3. The number of hydrogen-bond acceptors (Lipinski definition) is 3. The van der Waals surface area contributed by atoms with Crippen molar-refractivity contribution < 1.29 is 13.9 Å². The van der Waals surface area contributed by atoms with E-state index in [1.54, 1.807) is 0 Å². The molecule has 21 heavy (non-hydrogen) atoms. The predicted octanol–water partition coefficient (Wildman–Crippen LogP) is 2.52. The second-order valence-electron chi connectivity index (χ2n) is 4.97. The molecule has 0 radical (unpaired) electrons. The second kappa shape index (κ2) is 8.41. The lowest BCUT2D eigenvalue weighted by Gasteiger charge is -2.19. The van der Waals surface area contributed by atoms with E-state index in [0.717, 1.165) is 19.3 Å². The fourth-order valence-electron chi connectivity index (χ4n) is 2.47. The molecule has 1 amide bonds. The average Bonchev–Trinajstić information content (AvgIpc) is 2.87. The maximum Gasteiger partial charge on any atom is 0.258 e. The van der Waals surface area contributed by atoms with Crippen molar-refractivity contribution in [2.75, 3.05) is 13.2 Å². The Bertz CT molecular complexity index is 488. The Labute approximate surface area is 134 Å². The zero-order valence-electron chi connectivity index (χ0n) is 11.5. The molecular weight excluding hydrogens is 318 g/mol. The molecule has 1 aromatic carbocycles. The molecule has 1 saturated carbocycles. The largest absolute Gasteiger partial charge is 0.484 e. The molecule has 4 nitrogen and oxygen atoms in total. The van der Waals surface area contributed by atoms with Gasteiger partial charge in [0.25, 0.3) is 5.91 Å². The lowest BCUT2D eigenvalue weighted by atomic mass is 10.0. The van der Waals surface area contributed by atoms with Gasteiger partial charge in [-0.15, -0.1) is 12.4 Å². The van der Waals surface area contributed by atoms with Gasteiger partial charge in [-0.3, -0.25) is 4.79 Å². The third-order valence-corrected chi connectivity index (χ3v) is 3.86. The Morgan fingerprint density at radius 1 is 1.48 bits per heavy atom. The van der Waals surface area contributed by atoms with Crippen molar-refractivity contribution in [1.29, 1.82) is 0 Å². The summed E-state index contributed by atoms with van der Waals surface area (Å²) in [5, 5.41) is 2.90. The fourth-order valence-corrected chi connectivity index (χ4v) is 2.64. The van der Waals surface area contributed by atoms with Gasteiger partial charge in [0.1, 0.15) is 11.6 Å². The van der Waals surface area contributed by atoms with Gasteiger partial charge in [0, 0.05) is 12.1 Å². The van der Waals surface area contributed by atoms with E-state index in [1.807, 2.05) is 0 Å². The van der Waals surface area contributed by atoms with Gasteiger partial charge in [-0.1, -0.05) is 18.0 Å². The fraction of sp³-hybridized carbons (Fsp3) is 0.500. The number of hydrogen-bond donors (Lipinski definition) is 2. The Balaban J connectivity index is 0.00000220. The second-order valence-corrected chi connectivity index (χ2v) is 5.37. The van der Waals surface area contributed by atoms with Crippen LogP contribution in [0.4, 0.5) is 4.39 Å². The molecule has 0 aliphatic heterocycles. The van der Waals surface area contributed by atoms with Crippen molar-refractivity contribution in [1.82, 2.24) is 5.32 Å². The standard InChI is InChI=1S/C14H18ClFN2O2.ClH/c15-11-6-10(4-5-12(11)16)20-8-14(19)18-13-3-1-2-9(13)7-17;/h4-6,9,13H,1-3,7-8,17H2,(H,18,19);1H. The number of amides is 1. The van der Waals surface area contributed by atoms with E-state index < -0.39 is 5.82 Å². The van der Waals surface area contributed by atoms with Crippen molar-refractivity contribution in [2.45, 2.75) is 25.3 Å². The van der Waals surface area contributed by atoms with Crippen molar-refractivity contribution in [3.63, 3.8) is 0 Å². The van der Waals surface area contributed by atoms with E-state index in [-0.39, 0.29) is 36.0 Å². The molecule has 2 unspecified atom stereocenters. The molecule has 0 saturated heterocycles. The van der Waals surface area contributed by atoms with Crippen LogP contribution in [0.5, 0.6) is 5.75 Å². The van der Waals surface area contributed by atoms with E-state index in [9.17, 15) is 9.18 Å². The highest BCUT2D eigenvalue weighted by Crippen LogP contribution is 2.24. The van der Waals surface area contributed by atoms with Crippen molar-refractivity contribution in [3.05, 3.63) is 29.0 Å². The first-order valence-corrected chi connectivity index (χ1v) is 7.05. The summed E-state index contributed by atoms with van der Waals surface area (Å²) in [5.41, 5.74) is 5.66. The minimum absolute atomic E-state index is 0. The van der Waals surface area contributed by atoms with Gasteiger partial charge in [-0.2, -0.15) is 0 Å². The van der Waals surface area contributed by atoms with Crippen LogP contribution in [0.2, 0.25) is 5.02 Å². The van der Waals surface area contributed by atoms with E-state index in [0.29, 0.717) is 18.2 Å². The highest BCUT2D eigenvalue weighted by molar-refractivity contribution is 6.30. The van der Waals surface area contributed by atoms with Crippen molar-refractivity contribution in [3.8, 4) is 5.75 Å². The third-order valence-electron chi connectivity index (χ3n) is 3.57. The van der Waals surface area contributed by atoms with Gasteiger partial charge >= 0.3 is 0 Å².